The molecular formula is C15H17N3O9. The lowest BCUT2D eigenvalue weighted by atomic mass is 10.1. The highest BCUT2D eigenvalue weighted by atomic mass is 16.6. The maximum Gasteiger partial charge on any atom is 0.275 e. The van der Waals surface area contributed by atoms with Crippen molar-refractivity contribution in [3.63, 3.8) is 0 Å². The summed E-state index contributed by atoms with van der Waals surface area (Å²) in [7, 11) is 1.23. The number of carbonyl (C=O) groups is 1. The predicted molar refractivity (Wildman–Crippen MR) is 93.4 cm³/mol. The van der Waals surface area contributed by atoms with Gasteiger partial charge in [0, 0.05) is 17.7 Å². The molecule has 2 aromatic carbocycles. The average molecular weight is 383 g/mol. The minimum absolute atomic E-state index is 0. The number of methoxy groups -OCH3 is 1. The summed E-state index contributed by atoms with van der Waals surface area (Å²) in [4.78, 5) is 22.1. The number of ether oxygens (including phenoxy) is 1. The molecule has 12 heteroatoms. The minimum atomic E-state index is -0.786. The van der Waals surface area contributed by atoms with Crippen molar-refractivity contribution in [2.75, 3.05) is 7.11 Å². The first-order valence-corrected chi connectivity index (χ1v) is 6.74. The van der Waals surface area contributed by atoms with E-state index in [-0.39, 0.29) is 39.3 Å². The summed E-state index contributed by atoms with van der Waals surface area (Å²) < 4.78 is 4.84. The molecule has 2 aromatic rings. The number of nitrogens with zero attached hydrogens (tertiary/aromatic N) is 2. The third-order valence-electron chi connectivity index (χ3n) is 3.12. The number of non-ortho nitro benzene ring substituents is 1. The van der Waals surface area contributed by atoms with Crippen molar-refractivity contribution in [2.45, 2.75) is 0 Å². The van der Waals surface area contributed by atoms with E-state index in [1.165, 1.54) is 19.2 Å². The van der Waals surface area contributed by atoms with Gasteiger partial charge in [-0.25, -0.2) is 5.43 Å². The maximum atomic E-state index is 11.9. The van der Waals surface area contributed by atoms with Crippen LogP contribution in [0.15, 0.2) is 35.4 Å². The molecule has 0 radical (unpaired) electrons. The van der Waals surface area contributed by atoms with Gasteiger partial charge in [-0.1, -0.05) is 0 Å². The van der Waals surface area contributed by atoms with Crippen molar-refractivity contribution >= 4 is 17.8 Å². The number of phenols is 3. The standard InChI is InChI=1S/C15H13N3O7.2H2O/c1-25-13-5-9(18(23)24)4-8(14(13)21)7-16-17-15(22)11-3-2-10(19)6-12(11)20;;/h2-7,19-21H,1H3,(H,17,22);2*1H2/b16-7+;;. The second-order valence-corrected chi connectivity index (χ2v) is 4.74. The van der Waals surface area contributed by atoms with Crippen molar-refractivity contribution in [1.82, 2.24) is 5.43 Å². The summed E-state index contributed by atoms with van der Waals surface area (Å²) >= 11 is 0. The van der Waals surface area contributed by atoms with Gasteiger partial charge in [-0.05, 0) is 12.1 Å². The third-order valence-corrected chi connectivity index (χ3v) is 3.12. The Kier molecular flexibility index (Phi) is 8.17. The Balaban J connectivity index is 0.00000338. The van der Waals surface area contributed by atoms with Crippen LogP contribution in [0.25, 0.3) is 0 Å². The summed E-state index contributed by atoms with van der Waals surface area (Å²) in [5, 5.41) is 43.1. The van der Waals surface area contributed by atoms with Crippen LogP contribution in [-0.4, -0.2) is 50.4 Å². The summed E-state index contributed by atoms with van der Waals surface area (Å²) in [5.41, 5.74) is 1.56. The van der Waals surface area contributed by atoms with E-state index in [0.717, 1.165) is 24.4 Å². The van der Waals surface area contributed by atoms with Crippen LogP contribution >= 0.6 is 0 Å². The number of hydrogen-bond acceptors (Lipinski definition) is 8. The van der Waals surface area contributed by atoms with E-state index in [1.54, 1.807) is 0 Å². The molecule has 0 heterocycles. The molecule has 0 spiro atoms. The lowest BCUT2D eigenvalue weighted by Crippen LogP contribution is -2.17. The summed E-state index contributed by atoms with van der Waals surface area (Å²) in [6, 6.07) is 5.46. The number of nitro groups is 1. The predicted octanol–water partition coefficient (Wildman–Crippen LogP) is -0.165. The molecule has 146 valence electrons. The van der Waals surface area contributed by atoms with Crippen LogP contribution in [0.4, 0.5) is 5.69 Å². The summed E-state index contributed by atoms with van der Waals surface area (Å²) in [5.74, 6) is -1.97. The fraction of sp³-hybridized carbons (Fsp3) is 0.0667. The number of nitro benzene ring substituents is 1. The Morgan fingerprint density at radius 3 is 2.44 bits per heavy atom. The Morgan fingerprint density at radius 1 is 1.22 bits per heavy atom. The zero-order valence-electron chi connectivity index (χ0n) is 13.8. The number of benzene rings is 2. The molecule has 1 amide bonds. The fourth-order valence-corrected chi connectivity index (χ4v) is 1.91. The molecule has 0 aliphatic rings. The number of nitrogens with one attached hydrogen (secondary N) is 1. The van der Waals surface area contributed by atoms with Gasteiger partial charge in [-0.15, -0.1) is 0 Å². The number of hydrazone groups is 1. The van der Waals surface area contributed by atoms with Crippen molar-refractivity contribution in [1.29, 1.82) is 0 Å². The maximum absolute atomic E-state index is 11.9. The SMILES string of the molecule is COc1cc([N+](=O)[O-])cc(/C=N/NC(=O)c2ccc(O)cc2O)c1O.O.O. The molecule has 0 bridgehead atoms. The zero-order chi connectivity index (χ0) is 18.6. The quantitative estimate of drug-likeness (QED) is 0.310. The highest BCUT2D eigenvalue weighted by Gasteiger charge is 2.16. The lowest BCUT2D eigenvalue weighted by molar-refractivity contribution is -0.385. The van der Waals surface area contributed by atoms with Gasteiger partial charge in [0.25, 0.3) is 11.6 Å². The first-order chi connectivity index (χ1) is 11.8. The average Bonchev–Trinajstić information content (AvgIpc) is 2.55. The van der Waals surface area contributed by atoms with E-state index < -0.39 is 22.3 Å². The van der Waals surface area contributed by atoms with E-state index in [1.807, 2.05) is 0 Å². The zero-order valence-corrected chi connectivity index (χ0v) is 13.8. The lowest BCUT2D eigenvalue weighted by Gasteiger charge is -2.06. The van der Waals surface area contributed by atoms with Crippen LogP contribution in [0.2, 0.25) is 0 Å². The van der Waals surface area contributed by atoms with Crippen LogP contribution in [0.5, 0.6) is 23.0 Å². The minimum Gasteiger partial charge on any atom is -0.508 e. The number of carbonyl (C=O) groups excluding carboxylic acids is 1. The van der Waals surface area contributed by atoms with Gasteiger partial charge in [0.2, 0.25) is 0 Å². The van der Waals surface area contributed by atoms with Crippen molar-refractivity contribution < 1.29 is 40.7 Å². The monoisotopic (exact) mass is 383 g/mol. The van der Waals surface area contributed by atoms with Gasteiger partial charge < -0.3 is 31.0 Å². The smallest absolute Gasteiger partial charge is 0.275 e. The molecule has 0 aromatic heterocycles. The van der Waals surface area contributed by atoms with Crippen LogP contribution in [-0.2, 0) is 0 Å². The Hall–Kier alpha value is -3.90. The molecule has 8 N–H and O–H groups in total. The first-order valence-electron chi connectivity index (χ1n) is 6.74. The number of rotatable bonds is 5. The normalized spacial score (nSPS) is 9.81. The van der Waals surface area contributed by atoms with Gasteiger partial charge in [0.05, 0.1) is 29.9 Å². The first kappa shape index (κ1) is 23.1. The molecule has 27 heavy (non-hydrogen) atoms. The molecular weight excluding hydrogens is 366 g/mol. The number of amides is 1. The molecule has 0 atom stereocenters. The molecule has 0 aliphatic carbocycles. The van der Waals surface area contributed by atoms with Crippen molar-refractivity contribution in [2.24, 2.45) is 5.10 Å². The van der Waals surface area contributed by atoms with Crippen LogP contribution in [0.1, 0.15) is 15.9 Å². The third kappa shape index (κ3) is 5.29. The van der Waals surface area contributed by atoms with E-state index in [4.69, 9.17) is 4.74 Å². The molecule has 0 saturated carbocycles. The van der Waals surface area contributed by atoms with Gasteiger partial charge in [0.15, 0.2) is 11.5 Å². The molecule has 2 rings (SSSR count). The van der Waals surface area contributed by atoms with Gasteiger partial charge >= 0.3 is 0 Å². The number of hydrogen-bond donors (Lipinski definition) is 4. The van der Waals surface area contributed by atoms with Gasteiger partial charge in [-0.3, -0.25) is 14.9 Å². The highest BCUT2D eigenvalue weighted by molar-refractivity contribution is 5.97. The van der Waals surface area contributed by atoms with Crippen LogP contribution < -0.4 is 10.2 Å². The summed E-state index contributed by atoms with van der Waals surface area (Å²) in [6.07, 6.45) is 0.986. The molecule has 0 aliphatic heterocycles. The van der Waals surface area contributed by atoms with Crippen molar-refractivity contribution in [3.05, 3.63) is 51.6 Å². The number of aromatic hydroxyl groups is 3. The van der Waals surface area contributed by atoms with Gasteiger partial charge in [-0.2, -0.15) is 5.10 Å². The van der Waals surface area contributed by atoms with E-state index in [9.17, 15) is 30.2 Å². The molecule has 0 saturated heterocycles. The van der Waals surface area contributed by atoms with Crippen molar-refractivity contribution in [3.8, 4) is 23.0 Å². The molecule has 0 unspecified atom stereocenters. The highest BCUT2D eigenvalue weighted by Crippen LogP contribution is 2.33. The Labute approximate surface area is 151 Å². The summed E-state index contributed by atoms with van der Waals surface area (Å²) in [6.45, 7) is 0. The van der Waals surface area contributed by atoms with Crippen LogP contribution in [0, 0.1) is 10.1 Å². The van der Waals surface area contributed by atoms with E-state index in [2.05, 4.69) is 10.5 Å². The fourth-order valence-electron chi connectivity index (χ4n) is 1.91. The largest absolute Gasteiger partial charge is 0.508 e. The van der Waals surface area contributed by atoms with E-state index >= 15 is 0 Å². The topological polar surface area (TPSA) is 218 Å². The Bertz CT molecular complexity index is 868. The van der Waals surface area contributed by atoms with Crippen LogP contribution in [0.3, 0.4) is 0 Å². The van der Waals surface area contributed by atoms with E-state index in [0.29, 0.717) is 0 Å². The number of phenolic OH excluding ortho intramolecular Hbond substituents is 3. The van der Waals surface area contributed by atoms with Gasteiger partial charge in [0.1, 0.15) is 11.5 Å². The second kappa shape index (κ2) is 9.55. The Morgan fingerprint density at radius 2 is 1.89 bits per heavy atom. The molecule has 0 fully saturated rings. The molecule has 12 nitrogen and oxygen atoms in total. The second-order valence-electron chi connectivity index (χ2n) is 4.74.